The molecule has 0 unspecified atom stereocenters. The molecule has 0 radical (unpaired) electrons. The number of carbonyl (C=O) groups excluding carboxylic acids is 1. The highest BCUT2D eigenvalue weighted by atomic mass is 16.1. The average molecular weight is 289 g/mol. The Bertz CT molecular complexity index is 524. The first-order valence-corrected chi connectivity index (χ1v) is 7.80. The Morgan fingerprint density at radius 1 is 1.38 bits per heavy atom. The number of allylic oxidation sites excluding steroid dienone is 2. The summed E-state index contributed by atoms with van der Waals surface area (Å²) in [6.07, 6.45) is 12.2. The molecule has 0 saturated carbocycles. The van der Waals surface area contributed by atoms with Crippen LogP contribution in [0.2, 0.25) is 0 Å². The predicted octanol–water partition coefficient (Wildman–Crippen LogP) is 1.37. The quantitative estimate of drug-likeness (QED) is 0.849. The van der Waals surface area contributed by atoms with Gasteiger partial charge >= 0.3 is 0 Å². The van der Waals surface area contributed by atoms with Crippen molar-refractivity contribution < 1.29 is 4.79 Å². The zero-order valence-electron chi connectivity index (χ0n) is 12.3. The van der Waals surface area contributed by atoms with Gasteiger partial charge in [0.2, 0.25) is 5.82 Å². The monoisotopic (exact) mass is 289 g/mol. The molecule has 1 fully saturated rings. The van der Waals surface area contributed by atoms with Gasteiger partial charge in [0.15, 0.2) is 0 Å². The van der Waals surface area contributed by atoms with E-state index < -0.39 is 5.91 Å². The van der Waals surface area contributed by atoms with Crippen molar-refractivity contribution in [1.29, 1.82) is 0 Å². The van der Waals surface area contributed by atoms with Crippen molar-refractivity contribution in [2.45, 2.75) is 38.1 Å². The highest BCUT2D eigenvalue weighted by Gasteiger charge is 2.24. The number of primary amides is 1. The van der Waals surface area contributed by atoms with Crippen LogP contribution in [0, 0.1) is 5.92 Å². The van der Waals surface area contributed by atoms with Gasteiger partial charge in [-0.1, -0.05) is 12.2 Å². The van der Waals surface area contributed by atoms with Crippen molar-refractivity contribution in [2.75, 3.05) is 19.6 Å². The van der Waals surface area contributed by atoms with E-state index >= 15 is 0 Å². The average Bonchev–Trinajstić information content (AvgIpc) is 2.99. The lowest BCUT2D eigenvalue weighted by Gasteiger charge is -2.35. The summed E-state index contributed by atoms with van der Waals surface area (Å²) in [5.41, 5.74) is 5.21. The maximum atomic E-state index is 11.1. The zero-order chi connectivity index (χ0) is 14.7. The molecule has 1 aromatic heterocycles. The van der Waals surface area contributed by atoms with Crippen molar-refractivity contribution in [2.24, 2.45) is 11.7 Å². The number of hydrogen-bond donors (Lipinski definition) is 1. The van der Waals surface area contributed by atoms with E-state index in [-0.39, 0.29) is 5.82 Å². The normalized spacial score (nSPS) is 26.9. The van der Waals surface area contributed by atoms with Gasteiger partial charge in [0.1, 0.15) is 6.33 Å². The second-order valence-corrected chi connectivity index (χ2v) is 6.12. The molecule has 0 aromatic carbocycles. The summed E-state index contributed by atoms with van der Waals surface area (Å²) in [4.78, 5) is 17.6. The van der Waals surface area contributed by atoms with Gasteiger partial charge in [0, 0.05) is 13.1 Å². The Morgan fingerprint density at radius 2 is 2.29 bits per heavy atom. The molecule has 114 valence electrons. The molecule has 1 aromatic rings. The Morgan fingerprint density at radius 3 is 3.00 bits per heavy atom. The number of likely N-dealkylation sites (tertiary alicyclic amines) is 1. The van der Waals surface area contributed by atoms with Crippen LogP contribution in [0.25, 0.3) is 0 Å². The number of rotatable bonds is 4. The minimum Gasteiger partial charge on any atom is -0.363 e. The first kappa shape index (κ1) is 14.3. The predicted molar refractivity (Wildman–Crippen MR) is 79.7 cm³/mol. The molecule has 2 atom stereocenters. The fourth-order valence-corrected chi connectivity index (χ4v) is 3.36. The number of amides is 1. The lowest BCUT2D eigenvalue weighted by atomic mass is 9.93. The molecule has 1 amide bonds. The fraction of sp³-hybridized carbons (Fsp3) is 0.667. The zero-order valence-corrected chi connectivity index (χ0v) is 12.3. The van der Waals surface area contributed by atoms with Crippen molar-refractivity contribution in [3.8, 4) is 0 Å². The third-order valence-electron chi connectivity index (χ3n) is 4.48. The molecule has 21 heavy (non-hydrogen) atoms. The topological polar surface area (TPSA) is 77.0 Å². The van der Waals surface area contributed by atoms with Gasteiger partial charge in [-0.3, -0.25) is 4.79 Å². The Balaban J connectivity index is 1.59. The molecule has 3 rings (SSSR count). The van der Waals surface area contributed by atoms with Crippen LogP contribution >= 0.6 is 0 Å². The molecular weight excluding hydrogens is 266 g/mol. The SMILES string of the molecule is NC(=O)c1ncn([C@H]2CCCN(C[C@@H]3CC=CCC3)C2)n1. The van der Waals surface area contributed by atoms with E-state index in [2.05, 4.69) is 27.1 Å². The summed E-state index contributed by atoms with van der Waals surface area (Å²) in [6.45, 7) is 3.31. The van der Waals surface area contributed by atoms with Crippen LogP contribution < -0.4 is 5.73 Å². The van der Waals surface area contributed by atoms with Crippen molar-refractivity contribution in [3.05, 3.63) is 24.3 Å². The number of aromatic nitrogens is 3. The molecule has 6 heteroatoms. The number of nitrogens with two attached hydrogens (primary N) is 1. The van der Waals surface area contributed by atoms with E-state index in [1.807, 2.05) is 4.68 Å². The molecule has 1 aliphatic carbocycles. The van der Waals surface area contributed by atoms with E-state index in [0.717, 1.165) is 32.0 Å². The van der Waals surface area contributed by atoms with Gasteiger partial charge in [0.25, 0.3) is 5.91 Å². The first-order valence-electron chi connectivity index (χ1n) is 7.80. The van der Waals surface area contributed by atoms with E-state index in [1.165, 1.54) is 25.7 Å². The third-order valence-corrected chi connectivity index (χ3v) is 4.48. The van der Waals surface area contributed by atoms with Crippen molar-refractivity contribution in [1.82, 2.24) is 19.7 Å². The van der Waals surface area contributed by atoms with Crippen LogP contribution in [0.4, 0.5) is 0 Å². The Kier molecular flexibility index (Phi) is 4.34. The summed E-state index contributed by atoms with van der Waals surface area (Å²) >= 11 is 0. The van der Waals surface area contributed by atoms with Crippen molar-refractivity contribution in [3.63, 3.8) is 0 Å². The Labute approximate surface area is 125 Å². The lowest BCUT2D eigenvalue weighted by Crippen LogP contribution is -2.39. The largest absolute Gasteiger partial charge is 0.363 e. The van der Waals surface area contributed by atoms with Crippen LogP contribution in [0.5, 0.6) is 0 Å². The third kappa shape index (κ3) is 3.50. The summed E-state index contributed by atoms with van der Waals surface area (Å²) in [7, 11) is 0. The highest BCUT2D eigenvalue weighted by molar-refractivity contribution is 5.88. The maximum absolute atomic E-state index is 11.1. The summed E-state index contributed by atoms with van der Waals surface area (Å²) in [5.74, 6) is 0.339. The highest BCUT2D eigenvalue weighted by Crippen LogP contribution is 2.24. The van der Waals surface area contributed by atoms with E-state index in [0.29, 0.717) is 6.04 Å². The minimum atomic E-state index is -0.560. The number of carbonyl (C=O) groups is 1. The van der Waals surface area contributed by atoms with Gasteiger partial charge in [0.05, 0.1) is 6.04 Å². The first-order chi connectivity index (χ1) is 10.2. The van der Waals surface area contributed by atoms with Gasteiger partial charge in [-0.15, -0.1) is 5.10 Å². The molecule has 0 spiro atoms. The van der Waals surface area contributed by atoms with Crippen LogP contribution in [0.3, 0.4) is 0 Å². The van der Waals surface area contributed by atoms with Crippen LogP contribution in [0.15, 0.2) is 18.5 Å². The minimum absolute atomic E-state index is 0.115. The van der Waals surface area contributed by atoms with Crippen molar-refractivity contribution >= 4 is 5.91 Å². The second kappa shape index (κ2) is 6.39. The Hall–Kier alpha value is -1.69. The summed E-state index contributed by atoms with van der Waals surface area (Å²) in [6, 6.07) is 0.304. The molecule has 6 nitrogen and oxygen atoms in total. The molecule has 1 saturated heterocycles. The van der Waals surface area contributed by atoms with Crippen LogP contribution in [-0.2, 0) is 0 Å². The smallest absolute Gasteiger partial charge is 0.288 e. The summed E-state index contributed by atoms with van der Waals surface area (Å²) in [5, 5.41) is 4.21. The number of hydrogen-bond acceptors (Lipinski definition) is 4. The maximum Gasteiger partial charge on any atom is 0.288 e. The molecule has 1 aliphatic heterocycles. The van der Waals surface area contributed by atoms with Gasteiger partial charge in [-0.2, -0.15) is 0 Å². The molecule has 2 N–H and O–H groups in total. The van der Waals surface area contributed by atoms with Crippen LogP contribution in [-0.4, -0.2) is 45.2 Å². The van der Waals surface area contributed by atoms with E-state index in [4.69, 9.17) is 5.73 Å². The van der Waals surface area contributed by atoms with E-state index in [1.54, 1.807) is 6.33 Å². The summed E-state index contributed by atoms with van der Waals surface area (Å²) < 4.78 is 1.81. The fourth-order valence-electron chi connectivity index (χ4n) is 3.36. The standard InChI is InChI=1S/C15H23N5O/c16-14(21)15-17-11-20(18-15)13-7-4-8-19(10-13)9-12-5-2-1-3-6-12/h1-2,11-13H,3-10H2,(H2,16,21)/t12-,13+/m1/s1. The molecule has 2 heterocycles. The van der Waals surface area contributed by atoms with Gasteiger partial charge < -0.3 is 10.6 Å². The second-order valence-electron chi connectivity index (χ2n) is 6.12. The number of nitrogens with zero attached hydrogens (tertiary/aromatic N) is 4. The molecule has 0 bridgehead atoms. The lowest BCUT2D eigenvalue weighted by molar-refractivity contribution is 0.0988. The van der Waals surface area contributed by atoms with E-state index in [9.17, 15) is 4.79 Å². The van der Waals surface area contributed by atoms with Crippen LogP contribution in [0.1, 0.15) is 48.8 Å². The van der Waals surface area contributed by atoms with Gasteiger partial charge in [-0.05, 0) is 44.6 Å². The molecular formula is C15H23N5O. The number of piperidine rings is 1. The molecule has 2 aliphatic rings. The van der Waals surface area contributed by atoms with Gasteiger partial charge in [-0.25, -0.2) is 9.67 Å².